The van der Waals surface area contributed by atoms with Gasteiger partial charge in [-0.3, -0.25) is 4.79 Å². The Morgan fingerprint density at radius 1 is 1.04 bits per heavy atom. The van der Waals surface area contributed by atoms with Gasteiger partial charge in [-0.1, -0.05) is 30.3 Å². The van der Waals surface area contributed by atoms with Gasteiger partial charge in [-0.05, 0) is 36.2 Å². The Morgan fingerprint density at radius 3 is 2.42 bits per heavy atom. The number of carbonyl (C=O) groups is 1. The van der Waals surface area contributed by atoms with Crippen LogP contribution in [0.2, 0.25) is 0 Å². The Bertz CT molecular complexity index is 837. The molecule has 1 N–H and O–H groups in total. The number of anilines is 1. The minimum absolute atomic E-state index is 0.0918. The number of amides is 1. The van der Waals surface area contributed by atoms with E-state index in [0.717, 1.165) is 17.9 Å². The minimum Gasteiger partial charge on any atom is -0.312 e. The Balaban J connectivity index is 1.49. The highest BCUT2D eigenvalue weighted by Crippen LogP contribution is 2.23. The maximum Gasteiger partial charge on any atom is 0.240 e. The van der Waals surface area contributed by atoms with Crippen molar-refractivity contribution in [1.29, 1.82) is 0 Å². The van der Waals surface area contributed by atoms with E-state index in [2.05, 4.69) is 16.9 Å². The summed E-state index contributed by atoms with van der Waals surface area (Å²) in [5.74, 6) is 1.66. The van der Waals surface area contributed by atoms with Gasteiger partial charge >= 0.3 is 0 Å². The molecule has 1 amide bonds. The maximum absolute atomic E-state index is 12.4. The summed E-state index contributed by atoms with van der Waals surface area (Å²) in [5.41, 5.74) is 1.98. The molecule has 1 fully saturated rings. The van der Waals surface area contributed by atoms with E-state index in [1.54, 1.807) is 40.9 Å². The van der Waals surface area contributed by atoms with Gasteiger partial charge < -0.3 is 4.90 Å². The summed E-state index contributed by atoms with van der Waals surface area (Å²) < 4.78 is 27.4. The molecule has 26 heavy (non-hydrogen) atoms. The maximum atomic E-state index is 12.4. The molecule has 7 heteroatoms. The second kappa shape index (κ2) is 8.70. The van der Waals surface area contributed by atoms with Crippen LogP contribution in [0, 0.1) is 0 Å². The molecule has 0 aliphatic carbocycles. The van der Waals surface area contributed by atoms with Gasteiger partial charge in [-0.25, -0.2) is 13.1 Å². The van der Waals surface area contributed by atoms with Crippen LogP contribution in [-0.2, 0) is 20.6 Å². The van der Waals surface area contributed by atoms with E-state index in [0.29, 0.717) is 25.3 Å². The lowest BCUT2D eigenvalue weighted by Gasteiger charge is -2.16. The van der Waals surface area contributed by atoms with Gasteiger partial charge in [0.25, 0.3) is 0 Å². The van der Waals surface area contributed by atoms with E-state index in [1.165, 1.54) is 5.56 Å². The van der Waals surface area contributed by atoms with Crippen LogP contribution in [-0.4, -0.2) is 33.2 Å². The predicted molar refractivity (Wildman–Crippen MR) is 106 cm³/mol. The molecule has 1 aliphatic rings. The van der Waals surface area contributed by atoms with E-state index in [-0.39, 0.29) is 10.8 Å². The van der Waals surface area contributed by atoms with Crippen molar-refractivity contribution in [2.45, 2.75) is 23.5 Å². The van der Waals surface area contributed by atoms with Gasteiger partial charge in [0.15, 0.2) is 0 Å². The summed E-state index contributed by atoms with van der Waals surface area (Å²) in [6.45, 7) is 1.08. The fourth-order valence-corrected chi connectivity index (χ4v) is 4.80. The molecule has 0 bridgehead atoms. The highest BCUT2D eigenvalue weighted by Gasteiger charge is 2.22. The first-order valence-electron chi connectivity index (χ1n) is 8.58. The number of hydrogen-bond acceptors (Lipinski definition) is 4. The number of nitrogens with zero attached hydrogens (tertiary/aromatic N) is 1. The fraction of sp³-hybridized carbons (Fsp3) is 0.316. The Kier molecular flexibility index (Phi) is 6.34. The van der Waals surface area contributed by atoms with Crippen LogP contribution in [0.5, 0.6) is 0 Å². The largest absolute Gasteiger partial charge is 0.312 e. The normalized spacial score (nSPS) is 14.8. The van der Waals surface area contributed by atoms with Crippen molar-refractivity contribution in [3.8, 4) is 0 Å². The van der Waals surface area contributed by atoms with Crippen molar-refractivity contribution in [2.75, 3.05) is 23.7 Å². The average Bonchev–Trinajstić information content (AvgIpc) is 3.08. The molecule has 0 spiro atoms. The zero-order chi connectivity index (χ0) is 18.4. The Labute approximate surface area is 158 Å². The number of sulfonamides is 1. The number of nitrogens with one attached hydrogen (secondary N) is 1. The van der Waals surface area contributed by atoms with Crippen molar-refractivity contribution in [2.24, 2.45) is 0 Å². The summed E-state index contributed by atoms with van der Waals surface area (Å²) >= 11 is 1.69. The SMILES string of the molecule is O=C1CCCN1c1ccc(S(=O)(=O)NCCSCc2ccccc2)cc1. The summed E-state index contributed by atoms with van der Waals surface area (Å²) in [6, 6.07) is 16.6. The van der Waals surface area contributed by atoms with Gasteiger partial charge in [-0.15, -0.1) is 0 Å². The third-order valence-corrected chi connectivity index (χ3v) is 6.69. The summed E-state index contributed by atoms with van der Waals surface area (Å²) in [4.78, 5) is 13.7. The molecule has 0 atom stereocenters. The highest BCUT2D eigenvalue weighted by atomic mass is 32.2. The Hall–Kier alpha value is -1.83. The average molecular weight is 391 g/mol. The number of hydrogen-bond donors (Lipinski definition) is 1. The molecule has 0 saturated carbocycles. The predicted octanol–water partition coefficient (Wildman–Crippen LogP) is 3.03. The molecule has 1 heterocycles. The standard InChI is InChI=1S/C19H22N2O3S2/c22-19-7-4-13-21(19)17-8-10-18(11-9-17)26(23,24)20-12-14-25-15-16-5-2-1-3-6-16/h1-3,5-6,8-11,20H,4,7,12-15H2. The van der Waals surface area contributed by atoms with E-state index in [1.807, 2.05) is 18.2 Å². The van der Waals surface area contributed by atoms with Gasteiger partial charge in [0.05, 0.1) is 4.90 Å². The number of carbonyl (C=O) groups excluding carboxylic acids is 1. The second-order valence-electron chi connectivity index (χ2n) is 6.08. The van der Waals surface area contributed by atoms with Crippen LogP contribution >= 0.6 is 11.8 Å². The highest BCUT2D eigenvalue weighted by molar-refractivity contribution is 7.98. The molecule has 0 aromatic heterocycles. The van der Waals surface area contributed by atoms with E-state index < -0.39 is 10.0 Å². The molecular formula is C19H22N2O3S2. The third-order valence-electron chi connectivity index (χ3n) is 4.18. The van der Waals surface area contributed by atoms with Gasteiger partial charge in [0.2, 0.25) is 15.9 Å². The summed E-state index contributed by atoms with van der Waals surface area (Å²) in [6.07, 6.45) is 1.41. The fourth-order valence-electron chi connectivity index (χ4n) is 2.82. The topological polar surface area (TPSA) is 66.5 Å². The van der Waals surface area contributed by atoms with Crippen molar-refractivity contribution in [3.05, 3.63) is 60.2 Å². The quantitative estimate of drug-likeness (QED) is 0.704. The monoisotopic (exact) mass is 390 g/mol. The molecule has 3 rings (SSSR count). The zero-order valence-electron chi connectivity index (χ0n) is 14.4. The molecule has 0 unspecified atom stereocenters. The molecule has 5 nitrogen and oxygen atoms in total. The lowest BCUT2D eigenvalue weighted by molar-refractivity contribution is -0.117. The van der Waals surface area contributed by atoms with Gasteiger partial charge in [-0.2, -0.15) is 11.8 Å². The molecular weight excluding hydrogens is 368 g/mol. The molecule has 1 saturated heterocycles. The van der Waals surface area contributed by atoms with Gasteiger partial charge in [0, 0.05) is 36.7 Å². The van der Waals surface area contributed by atoms with Crippen molar-refractivity contribution in [1.82, 2.24) is 4.72 Å². The zero-order valence-corrected chi connectivity index (χ0v) is 16.1. The Morgan fingerprint density at radius 2 is 1.77 bits per heavy atom. The smallest absolute Gasteiger partial charge is 0.240 e. The van der Waals surface area contributed by atoms with Crippen LogP contribution in [0.3, 0.4) is 0 Å². The molecule has 2 aromatic rings. The van der Waals surface area contributed by atoms with Crippen LogP contribution in [0.1, 0.15) is 18.4 Å². The van der Waals surface area contributed by atoms with Crippen LogP contribution in [0.25, 0.3) is 0 Å². The number of rotatable bonds is 8. The molecule has 138 valence electrons. The number of thioether (sulfide) groups is 1. The van der Waals surface area contributed by atoms with Crippen LogP contribution in [0.15, 0.2) is 59.5 Å². The first-order valence-corrected chi connectivity index (χ1v) is 11.2. The van der Waals surface area contributed by atoms with Gasteiger partial charge in [0.1, 0.15) is 0 Å². The van der Waals surface area contributed by atoms with Crippen LogP contribution in [0.4, 0.5) is 5.69 Å². The van der Waals surface area contributed by atoms with Crippen molar-refractivity contribution in [3.63, 3.8) is 0 Å². The lowest BCUT2D eigenvalue weighted by Crippen LogP contribution is -2.26. The summed E-state index contributed by atoms with van der Waals surface area (Å²) in [5, 5.41) is 0. The first kappa shape index (κ1) is 18.9. The first-order chi connectivity index (χ1) is 12.6. The van der Waals surface area contributed by atoms with E-state index in [4.69, 9.17) is 0 Å². The summed E-state index contributed by atoms with van der Waals surface area (Å²) in [7, 11) is -3.53. The molecule has 0 radical (unpaired) electrons. The van der Waals surface area contributed by atoms with Crippen LogP contribution < -0.4 is 9.62 Å². The molecule has 2 aromatic carbocycles. The van der Waals surface area contributed by atoms with E-state index in [9.17, 15) is 13.2 Å². The molecule has 1 aliphatic heterocycles. The second-order valence-corrected chi connectivity index (χ2v) is 8.95. The van der Waals surface area contributed by atoms with E-state index >= 15 is 0 Å². The number of benzene rings is 2. The van der Waals surface area contributed by atoms with Crippen molar-refractivity contribution >= 4 is 33.4 Å². The van der Waals surface area contributed by atoms with Crippen molar-refractivity contribution < 1.29 is 13.2 Å². The third kappa shape index (κ3) is 4.87. The lowest BCUT2D eigenvalue weighted by atomic mass is 10.2. The minimum atomic E-state index is -3.53.